The number of anilines is 1. The van der Waals surface area contributed by atoms with E-state index in [1.165, 1.54) is 0 Å². The molecule has 0 saturated heterocycles. The lowest BCUT2D eigenvalue weighted by Crippen LogP contribution is -2.12. The van der Waals surface area contributed by atoms with Crippen LogP contribution >= 0.6 is 0 Å². The van der Waals surface area contributed by atoms with Crippen molar-refractivity contribution in [3.8, 4) is 11.4 Å². The topological polar surface area (TPSA) is 65.4 Å². The van der Waals surface area contributed by atoms with Crippen LogP contribution in [-0.4, -0.2) is 35.8 Å². The van der Waals surface area contributed by atoms with Gasteiger partial charge >= 0.3 is 0 Å². The molecule has 1 amide bonds. The van der Waals surface area contributed by atoms with Crippen LogP contribution in [0.5, 0.6) is 5.75 Å². The predicted octanol–water partition coefficient (Wildman–Crippen LogP) is 4.61. The third-order valence-corrected chi connectivity index (χ3v) is 4.75. The van der Waals surface area contributed by atoms with Crippen LogP contribution in [0.1, 0.15) is 16.2 Å². The third-order valence-electron chi connectivity index (χ3n) is 4.75. The maximum atomic E-state index is 12.8. The molecule has 3 aromatic carbocycles. The molecule has 0 unspecified atom stereocenters. The molecule has 0 aliphatic heterocycles. The van der Waals surface area contributed by atoms with E-state index in [1.54, 1.807) is 13.2 Å². The Kier molecular flexibility index (Phi) is 5.77. The summed E-state index contributed by atoms with van der Waals surface area (Å²) in [5.74, 6) is 1.35. The lowest BCUT2D eigenvalue weighted by Gasteiger charge is -2.09. The van der Waals surface area contributed by atoms with Crippen molar-refractivity contribution in [3.63, 3.8) is 0 Å². The molecule has 30 heavy (non-hydrogen) atoms. The average Bonchev–Trinajstić information content (AvgIpc) is 3.09. The van der Waals surface area contributed by atoms with Crippen molar-refractivity contribution in [2.45, 2.75) is 6.92 Å². The van der Waals surface area contributed by atoms with Gasteiger partial charge in [-0.15, -0.1) is 0 Å². The highest BCUT2D eigenvalue weighted by molar-refractivity contribution is 6.06. The molecule has 0 atom stereocenters. The highest BCUT2D eigenvalue weighted by Gasteiger charge is 2.13. The first kappa shape index (κ1) is 19.7. The van der Waals surface area contributed by atoms with Crippen LogP contribution in [0, 0.1) is 6.92 Å². The highest BCUT2D eigenvalue weighted by Crippen LogP contribution is 2.23. The van der Waals surface area contributed by atoms with E-state index in [4.69, 9.17) is 9.47 Å². The van der Waals surface area contributed by atoms with Crippen molar-refractivity contribution in [1.82, 2.24) is 9.55 Å². The molecule has 0 aliphatic carbocycles. The van der Waals surface area contributed by atoms with Crippen molar-refractivity contribution in [3.05, 3.63) is 84.2 Å². The van der Waals surface area contributed by atoms with Gasteiger partial charge in [-0.1, -0.05) is 24.3 Å². The third kappa shape index (κ3) is 4.18. The Morgan fingerprint density at radius 3 is 2.63 bits per heavy atom. The van der Waals surface area contributed by atoms with Gasteiger partial charge in [0.05, 0.1) is 17.6 Å². The molecule has 0 spiro atoms. The summed E-state index contributed by atoms with van der Waals surface area (Å²) in [5, 5.41) is 2.92. The van der Waals surface area contributed by atoms with Crippen molar-refractivity contribution in [2.24, 2.45) is 0 Å². The summed E-state index contributed by atoms with van der Waals surface area (Å²) in [6, 6.07) is 22.9. The molecule has 0 aliphatic rings. The van der Waals surface area contributed by atoms with Crippen LogP contribution < -0.4 is 10.1 Å². The minimum atomic E-state index is -0.196. The largest absolute Gasteiger partial charge is 0.491 e. The molecule has 4 rings (SSSR count). The van der Waals surface area contributed by atoms with Gasteiger partial charge in [0.2, 0.25) is 0 Å². The molecule has 4 aromatic rings. The summed E-state index contributed by atoms with van der Waals surface area (Å²) in [4.78, 5) is 17.4. The zero-order chi connectivity index (χ0) is 20.9. The van der Waals surface area contributed by atoms with Crippen LogP contribution in [0.25, 0.3) is 16.7 Å². The number of nitrogens with zero attached hydrogens (tertiary/aromatic N) is 2. The number of amides is 1. The monoisotopic (exact) mass is 401 g/mol. The Morgan fingerprint density at radius 1 is 1.00 bits per heavy atom. The molecule has 0 radical (unpaired) electrons. The molecular weight excluding hydrogens is 378 g/mol. The molecule has 0 bridgehead atoms. The standard InChI is InChI=1S/C24H23N3O3/c1-17-25-22-15-18(11-12-23(22)27(17)20-8-4-3-5-9-20)24(28)26-19-7-6-10-21(16-19)30-14-13-29-2/h3-12,15-16H,13-14H2,1-2H3,(H,26,28). The van der Waals surface area contributed by atoms with Gasteiger partial charge in [-0.25, -0.2) is 4.98 Å². The lowest BCUT2D eigenvalue weighted by molar-refractivity contribution is 0.102. The SMILES string of the molecule is COCCOc1cccc(NC(=O)c2ccc3c(c2)nc(C)n3-c2ccccc2)c1. The van der Waals surface area contributed by atoms with E-state index < -0.39 is 0 Å². The number of nitrogens with one attached hydrogen (secondary N) is 1. The van der Waals surface area contributed by atoms with Gasteiger partial charge in [-0.05, 0) is 49.4 Å². The molecule has 1 aromatic heterocycles. The number of hydrogen-bond acceptors (Lipinski definition) is 4. The first-order valence-corrected chi connectivity index (χ1v) is 9.73. The van der Waals surface area contributed by atoms with E-state index in [9.17, 15) is 4.79 Å². The summed E-state index contributed by atoms with van der Waals surface area (Å²) >= 11 is 0. The first-order chi connectivity index (χ1) is 14.7. The van der Waals surface area contributed by atoms with E-state index in [-0.39, 0.29) is 5.91 Å². The number of ether oxygens (including phenoxy) is 2. The van der Waals surface area contributed by atoms with Crippen LogP contribution in [0.2, 0.25) is 0 Å². The molecular formula is C24H23N3O3. The average molecular weight is 401 g/mol. The minimum absolute atomic E-state index is 0.196. The van der Waals surface area contributed by atoms with Crippen LogP contribution in [0.4, 0.5) is 5.69 Å². The minimum Gasteiger partial charge on any atom is -0.491 e. The summed E-state index contributed by atoms with van der Waals surface area (Å²) < 4.78 is 12.7. The number of hydrogen-bond donors (Lipinski definition) is 1. The molecule has 1 N–H and O–H groups in total. The molecule has 152 valence electrons. The number of aryl methyl sites for hydroxylation is 1. The van der Waals surface area contributed by atoms with E-state index >= 15 is 0 Å². The van der Waals surface area contributed by atoms with Gasteiger partial charge in [0.1, 0.15) is 18.2 Å². The number of imidazole rings is 1. The molecule has 1 heterocycles. The number of benzene rings is 3. The van der Waals surface area contributed by atoms with Crippen LogP contribution in [-0.2, 0) is 4.74 Å². The van der Waals surface area contributed by atoms with Gasteiger partial charge < -0.3 is 14.8 Å². The van der Waals surface area contributed by atoms with Crippen molar-refractivity contribution >= 4 is 22.6 Å². The van der Waals surface area contributed by atoms with Gasteiger partial charge in [-0.2, -0.15) is 0 Å². The maximum absolute atomic E-state index is 12.8. The van der Waals surface area contributed by atoms with Crippen molar-refractivity contribution in [2.75, 3.05) is 25.6 Å². The van der Waals surface area contributed by atoms with E-state index in [0.717, 1.165) is 22.5 Å². The highest BCUT2D eigenvalue weighted by atomic mass is 16.5. The molecule has 0 fully saturated rings. The van der Waals surface area contributed by atoms with E-state index in [0.29, 0.717) is 30.2 Å². The normalized spacial score (nSPS) is 10.9. The second-order valence-corrected chi connectivity index (χ2v) is 6.86. The van der Waals surface area contributed by atoms with E-state index in [2.05, 4.69) is 14.9 Å². The fourth-order valence-corrected chi connectivity index (χ4v) is 3.35. The number of fused-ring (bicyclic) bond motifs is 1. The fraction of sp³-hybridized carbons (Fsp3) is 0.167. The van der Waals surface area contributed by atoms with Gasteiger partial charge in [0.25, 0.3) is 5.91 Å². The number of aromatic nitrogens is 2. The fourth-order valence-electron chi connectivity index (χ4n) is 3.35. The Labute approximate surface area is 175 Å². The Bertz CT molecular complexity index is 1170. The number of methoxy groups -OCH3 is 1. The Hall–Kier alpha value is -3.64. The zero-order valence-electron chi connectivity index (χ0n) is 17.0. The second kappa shape index (κ2) is 8.80. The molecule has 6 heteroatoms. The number of carbonyl (C=O) groups excluding carboxylic acids is 1. The Morgan fingerprint density at radius 2 is 1.83 bits per heavy atom. The zero-order valence-corrected chi connectivity index (χ0v) is 17.0. The molecule has 0 saturated carbocycles. The van der Waals surface area contributed by atoms with Crippen LogP contribution in [0.3, 0.4) is 0 Å². The number of para-hydroxylation sites is 1. The summed E-state index contributed by atoms with van der Waals surface area (Å²) in [6.45, 7) is 2.92. The predicted molar refractivity (Wildman–Crippen MR) is 118 cm³/mol. The van der Waals surface area contributed by atoms with E-state index in [1.807, 2.05) is 73.7 Å². The van der Waals surface area contributed by atoms with Gasteiger partial charge in [0.15, 0.2) is 0 Å². The van der Waals surface area contributed by atoms with Crippen molar-refractivity contribution < 1.29 is 14.3 Å². The number of rotatable bonds is 7. The number of carbonyl (C=O) groups is 1. The summed E-state index contributed by atoms with van der Waals surface area (Å²) in [6.07, 6.45) is 0. The van der Waals surface area contributed by atoms with Crippen molar-refractivity contribution in [1.29, 1.82) is 0 Å². The molecule has 6 nitrogen and oxygen atoms in total. The quantitative estimate of drug-likeness (QED) is 0.459. The second-order valence-electron chi connectivity index (χ2n) is 6.86. The summed E-state index contributed by atoms with van der Waals surface area (Å²) in [5.41, 5.74) is 4.00. The summed E-state index contributed by atoms with van der Waals surface area (Å²) in [7, 11) is 1.63. The van der Waals surface area contributed by atoms with Gasteiger partial charge in [-0.3, -0.25) is 9.36 Å². The van der Waals surface area contributed by atoms with Crippen LogP contribution in [0.15, 0.2) is 72.8 Å². The maximum Gasteiger partial charge on any atom is 0.255 e. The smallest absolute Gasteiger partial charge is 0.255 e. The first-order valence-electron chi connectivity index (χ1n) is 9.73. The lowest BCUT2D eigenvalue weighted by atomic mass is 10.1. The van der Waals surface area contributed by atoms with Gasteiger partial charge in [0, 0.05) is 30.1 Å². The Balaban J connectivity index is 1.55.